The quantitative estimate of drug-likeness (QED) is 0.352. The molecule has 2 aromatic rings. The molecule has 0 bridgehead atoms. The van der Waals surface area contributed by atoms with Crippen LogP contribution in [0.25, 0.3) is 0 Å². The molecule has 3 heterocycles. The maximum absolute atomic E-state index is 13.7. The van der Waals surface area contributed by atoms with Crippen molar-refractivity contribution in [2.24, 2.45) is 10.9 Å². The summed E-state index contributed by atoms with van der Waals surface area (Å²) in [6.45, 7) is 13.8. The molecule has 2 aliphatic heterocycles. The van der Waals surface area contributed by atoms with Gasteiger partial charge in [0, 0.05) is 36.7 Å². The van der Waals surface area contributed by atoms with Gasteiger partial charge >= 0.3 is 12.3 Å². The molecule has 8 nitrogen and oxygen atoms in total. The average molecular weight is 626 g/mol. The van der Waals surface area contributed by atoms with Crippen LogP contribution in [-0.2, 0) is 27.6 Å². The Morgan fingerprint density at radius 2 is 1.84 bits per heavy atom. The Labute approximate surface area is 254 Å². The van der Waals surface area contributed by atoms with Gasteiger partial charge in [-0.1, -0.05) is 20.8 Å². The Morgan fingerprint density at radius 1 is 1.09 bits per heavy atom. The summed E-state index contributed by atoms with van der Waals surface area (Å²) < 4.78 is 60.2. The number of hydrogen-bond acceptors (Lipinski definition) is 6. The first-order valence-corrected chi connectivity index (χ1v) is 15.5. The number of alkyl halides is 3. The van der Waals surface area contributed by atoms with E-state index in [0.717, 1.165) is 42.7 Å². The van der Waals surface area contributed by atoms with Gasteiger partial charge in [-0.05, 0) is 70.1 Å². The number of rotatable bonds is 6. The maximum Gasteiger partial charge on any atom is 0.416 e. The molecule has 0 saturated carbocycles. The molecule has 0 unspecified atom stereocenters. The molecule has 2 atom stereocenters. The van der Waals surface area contributed by atoms with Crippen molar-refractivity contribution in [2.45, 2.75) is 97.1 Å². The second-order valence-corrected chi connectivity index (χ2v) is 14.3. The minimum atomic E-state index is -4.65. The van der Waals surface area contributed by atoms with Crippen molar-refractivity contribution < 1.29 is 37.0 Å². The zero-order valence-corrected chi connectivity index (χ0v) is 26.6. The number of likely N-dealkylation sites (tertiary alicyclic amines) is 1. The van der Waals surface area contributed by atoms with Crippen LogP contribution in [0.1, 0.15) is 88.0 Å². The Balaban J connectivity index is 1.60. The van der Waals surface area contributed by atoms with E-state index in [1.807, 2.05) is 10.8 Å². The number of aromatic nitrogens is 1. The van der Waals surface area contributed by atoms with Gasteiger partial charge in [0.15, 0.2) is 4.80 Å². The van der Waals surface area contributed by atoms with Crippen LogP contribution in [-0.4, -0.2) is 59.5 Å². The Morgan fingerprint density at radius 3 is 2.47 bits per heavy atom. The SMILES string of the molecule is CC(C)(C)OC(=O)N1CCC[C@H](COc2ccc(C(F)(F)F)cc2C(=O)/N=c2\sc(C(C)(C)C)cn2C[C@H]2CCCO2)C1. The summed E-state index contributed by atoms with van der Waals surface area (Å²) in [6, 6.07) is 2.88. The van der Waals surface area contributed by atoms with Crippen molar-refractivity contribution in [3.8, 4) is 5.75 Å². The summed E-state index contributed by atoms with van der Waals surface area (Å²) in [6.07, 6.45) is 0.215. The van der Waals surface area contributed by atoms with Crippen LogP contribution in [0.2, 0.25) is 0 Å². The lowest BCUT2D eigenvalue weighted by molar-refractivity contribution is -0.137. The monoisotopic (exact) mass is 625 g/mol. The molecule has 238 valence electrons. The lowest BCUT2D eigenvalue weighted by atomic mass is 9.95. The van der Waals surface area contributed by atoms with Crippen LogP contribution in [0, 0.1) is 5.92 Å². The molecule has 4 rings (SSSR count). The predicted octanol–water partition coefficient (Wildman–Crippen LogP) is 6.81. The molecule has 0 N–H and O–H groups in total. The number of halogens is 3. The van der Waals surface area contributed by atoms with E-state index in [1.165, 1.54) is 17.4 Å². The third-order valence-corrected chi connectivity index (χ3v) is 8.71. The highest BCUT2D eigenvalue weighted by Crippen LogP contribution is 2.34. The summed E-state index contributed by atoms with van der Waals surface area (Å²) in [5.74, 6) is -0.874. The van der Waals surface area contributed by atoms with Crippen molar-refractivity contribution in [3.63, 3.8) is 0 Å². The molecule has 2 amide bonds. The van der Waals surface area contributed by atoms with E-state index in [1.54, 1.807) is 25.7 Å². The van der Waals surface area contributed by atoms with Gasteiger partial charge in [0.05, 0.1) is 30.4 Å². The van der Waals surface area contributed by atoms with E-state index < -0.39 is 29.3 Å². The van der Waals surface area contributed by atoms with Crippen molar-refractivity contribution in [1.29, 1.82) is 0 Å². The minimum Gasteiger partial charge on any atom is -0.492 e. The number of hydrogen-bond donors (Lipinski definition) is 0. The zero-order valence-electron chi connectivity index (χ0n) is 25.8. The molecular formula is C31H42F3N3O5S. The fourth-order valence-corrected chi connectivity index (χ4v) is 6.06. The average Bonchev–Trinajstić information content (AvgIpc) is 3.56. The van der Waals surface area contributed by atoms with E-state index >= 15 is 0 Å². The number of carbonyl (C=O) groups is 2. The minimum absolute atomic E-state index is 0.0142. The first-order valence-electron chi connectivity index (χ1n) is 14.7. The molecule has 0 radical (unpaired) electrons. The van der Waals surface area contributed by atoms with Crippen LogP contribution in [0.3, 0.4) is 0 Å². The van der Waals surface area contributed by atoms with Crippen molar-refractivity contribution in [3.05, 3.63) is 45.2 Å². The molecule has 2 saturated heterocycles. The standard InChI is InChI=1S/C31H42F3N3O5S/c1-29(2,3)25-18-37(17-22-10-8-14-40-22)27(43-25)35-26(38)23-15-21(31(32,33)34)11-12-24(23)41-19-20-9-7-13-36(16-20)28(39)42-30(4,5)6/h11-12,15,18,20,22H,7-10,13-14,16-17,19H2,1-6H3/b35-27-/t20-,22+/m0/s1. The largest absolute Gasteiger partial charge is 0.492 e. The third-order valence-electron chi connectivity index (χ3n) is 7.26. The Kier molecular flexibility index (Phi) is 10.0. The fraction of sp³-hybridized carbons (Fsp3) is 0.645. The molecule has 1 aromatic carbocycles. The maximum atomic E-state index is 13.7. The van der Waals surface area contributed by atoms with Crippen LogP contribution in [0.5, 0.6) is 5.75 Å². The molecule has 2 aliphatic rings. The van der Waals surface area contributed by atoms with Crippen LogP contribution >= 0.6 is 11.3 Å². The molecule has 1 aromatic heterocycles. The van der Waals surface area contributed by atoms with Gasteiger partial charge in [-0.15, -0.1) is 11.3 Å². The molecule has 0 spiro atoms. The molecule has 12 heteroatoms. The molecular weight excluding hydrogens is 583 g/mol. The van der Waals surface area contributed by atoms with Gasteiger partial charge in [-0.3, -0.25) is 4.79 Å². The Bertz CT molecular complexity index is 1360. The summed E-state index contributed by atoms with van der Waals surface area (Å²) in [4.78, 5) is 33.5. The van der Waals surface area contributed by atoms with E-state index in [2.05, 4.69) is 25.8 Å². The van der Waals surface area contributed by atoms with Crippen molar-refractivity contribution in [2.75, 3.05) is 26.3 Å². The van der Waals surface area contributed by atoms with Gasteiger partial charge in [0.2, 0.25) is 0 Å². The van der Waals surface area contributed by atoms with E-state index in [9.17, 15) is 22.8 Å². The normalized spacial score (nSPS) is 20.4. The van der Waals surface area contributed by atoms with Crippen molar-refractivity contribution >= 4 is 23.3 Å². The first-order chi connectivity index (χ1) is 20.0. The van der Waals surface area contributed by atoms with Gasteiger partial charge in [0.25, 0.3) is 5.91 Å². The summed E-state index contributed by atoms with van der Waals surface area (Å²) in [5, 5.41) is 0. The molecule has 43 heavy (non-hydrogen) atoms. The first kappa shape index (κ1) is 33.0. The molecule has 2 fully saturated rings. The number of nitrogens with zero attached hydrogens (tertiary/aromatic N) is 3. The lowest BCUT2D eigenvalue weighted by Crippen LogP contribution is -2.44. The number of ether oxygens (including phenoxy) is 3. The van der Waals surface area contributed by atoms with Crippen LogP contribution in [0.15, 0.2) is 29.4 Å². The Hall–Kier alpha value is -2.86. The second-order valence-electron chi connectivity index (χ2n) is 13.3. The van der Waals surface area contributed by atoms with Gasteiger partial charge < -0.3 is 23.7 Å². The predicted molar refractivity (Wildman–Crippen MR) is 157 cm³/mol. The highest BCUT2D eigenvalue weighted by atomic mass is 32.1. The third kappa shape index (κ3) is 9.07. The van der Waals surface area contributed by atoms with Gasteiger partial charge in [0.1, 0.15) is 11.4 Å². The highest BCUT2D eigenvalue weighted by molar-refractivity contribution is 7.09. The number of carbonyl (C=O) groups excluding carboxylic acids is 2. The van der Waals surface area contributed by atoms with Crippen LogP contribution in [0.4, 0.5) is 18.0 Å². The summed E-state index contributed by atoms with van der Waals surface area (Å²) >= 11 is 1.34. The zero-order chi connectivity index (χ0) is 31.6. The number of piperidine rings is 1. The van der Waals surface area contributed by atoms with Gasteiger partial charge in [-0.25, -0.2) is 4.79 Å². The summed E-state index contributed by atoms with van der Waals surface area (Å²) in [5.41, 5.74) is -2.06. The smallest absolute Gasteiger partial charge is 0.416 e. The number of thiazole rings is 1. The van der Waals surface area contributed by atoms with E-state index in [0.29, 0.717) is 31.0 Å². The van der Waals surface area contributed by atoms with Crippen molar-refractivity contribution in [1.82, 2.24) is 9.47 Å². The second kappa shape index (κ2) is 13.0. The van der Waals surface area contributed by atoms with Crippen LogP contribution < -0.4 is 9.54 Å². The molecule has 0 aliphatic carbocycles. The van der Waals surface area contributed by atoms with E-state index in [-0.39, 0.29) is 35.4 Å². The summed E-state index contributed by atoms with van der Waals surface area (Å²) in [7, 11) is 0. The van der Waals surface area contributed by atoms with Gasteiger partial charge in [-0.2, -0.15) is 18.2 Å². The number of amides is 2. The number of benzene rings is 1. The topological polar surface area (TPSA) is 82.4 Å². The van der Waals surface area contributed by atoms with E-state index in [4.69, 9.17) is 14.2 Å². The fourth-order valence-electron chi connectivity index (χ4n) is 5.00. The highest BCUT2D eigenvalue weighted by Gasteiger charge is 2.33. The lowest BCUT2D eigenvalue weighted by Gasteiger charge is -2.34.